The molecule has 5 N–H and O–H groups in total. The number of ether oxygens (including phenoxy) is 1. The van der Waals surface area contributed by atoms with Crippen LogP contribution in [0.3, 0.4) is 0 Å². The number of carbonyl (C=O) groups is 1. The molecule has 1 aliphatic rings. The van der Waals surface area contributed by atoms with E-state index in [1.165, 1.54) is 6.20 Å². The van der Waals surface area contributed by atoms with Crippen molar-refractivity contribution >= 4 is 11.8 Å². The normalized spacial score (nSPS) is 29.1. The number of nitrogen functional groups attached to an aromatic ring is 1. The van der Waals surface area contributed by atoms with Crippen LogP contribution in [0, 0.1) is 5.41 Å². The van der Waals surface area contributed by atoms with Crippen molar-refractivity contribution in [3.8, 4) is 0 Å². The number of rotatable bonds is 2. The first-order chi connectivity index (χ1) is 10.2. The molecule has 0 aromatic carbocycles. The molecule has 2 rings (SSSR count). The topological polar surface area (TPSA) is 118 Å². The molecular formula is C15H23N3O4. The Bertz CT molecular complexity index is 544. The highest BCUT2D eigenvalue weighted by Gasteiger charge is 2.44. The lowest BCUT2D eigenvalue weighted by atomic mass is 9.79. The van der Waals surface area contributed by atoms with E-state index in [1.807, 2.05) is 20.8 Å². The van der Waals surface area contributed by atoms with Gasteiger partial charge in [0.2, 0.25) is 0 Å². The van der Waals surface area contributed by atoms with Crippen molar-refractivity contribution < 1.29 is 19.7 Å². The molecule has 1 amide bonds. The molecular weight excluding hydrogens is 286 g/mol. The number of pyridine rings is 1. The Hall–Kier alpha value is -1.86. The second kappa shape index (κ2) is 6.10. The first-order valence-corrected chi connectivity index (χ1v) is 7.22. The summed E-state index contributed by atoms with van der Waals surface area (Å²) in [7, 11) is 0. The average Bonchev–Trinajstić information content (AvgIpc) is 2.40. The molecule has 0 unspecified atom stereocenters. The number of carboxylic acid groups (broad SMARTS) is 1. The quantitative estimate of drug-likeness (QED) is 0.658. The van der Waals surface area contributed by atoms with E-state index >= 15 is 0 Å². The lowest BCUT2D eigenvalue weighted by Crippen LogP contribution is -2.57. The van der Waals surface area contributed by atoms with Crippen LogP contribution in [0.4, 0.5) is 10.5 Å². The molecule has 1 saturated heterocycles. The summed E-state index contributed by atoms with van der Waals surface area (Å²) in [5.41, 5.74) is 6.85. The van der Waals surface area contributed by atoms with E-state index in [1.54, 1.807) is 12.3 Å². The fourth-order valence-electron chi connectivity index (χ4n) is 2.82. The maximum Gasteiger partial charge on any atom is 0.404 e. The minimum atomic E-state index is -1.17. The lowest BCUT2D eigenvalue weighted by molar-refractivity contribution is -0.170. The van der Waals surface area contributed by atoms with Crippen LogP contribution in [-0.4, -0.2) is 39.5 Å². The van der Waals surface area contributed by atoms with E-state index in [0.717, 1.165) is 5.56 Å². The summed E-state index contributed by atoms with van der Waals surface area (Å²) >= 11 is 0. The standard InChI is InChI=1S/C15H23N3O4/c1-15(2,3)13-12(19)10(18-14(20)21)6-11(22-13)8-4-5-17-7-9(8)16/h4-5,7,10-13,18-19H,6,16H2,1-3H3,(H,20,21)/t10-,11-,12+,13+/m0/s1. The van der Waals surface area contributed by atoms with Crippen molar-refractivity contribution in [2.75, 3.05) is 5.73 Å². The Morgan fingerprint density at radius 1 is 1.50 bits per heavy atom. The molecule has 4 atom stereocenters. The molecule has 0 bridgehead atoms. The van der Waals surface area contributed by atoms with Gasteiger partial charge in [-0.3, -0.25) is 4.98 Å². The van der Waals surface area contributed by atoms with Gasteiger partial charge in [-0.15, -0.1) is 0 Å². The first kappa shape index (κ1) is 16.5. The van der Waals surface area contributed by atoms with Gasteiger partial charge in [-0.2, -0.15) is 0 Å². The third kappa shape index (κ3) is 3.48. The van der Waals surface area contributed by atoms with Gasteiger partial charge in [-0.05, 0) is 11.5 Å². The second-order valence-electron chi connectivity index (χ2n) is 6.70. The number of amides is 1. The predicted octanol–water partition coefficient (Wildman–Crippen LogP) is 1.54. The zero-order valence-corrected chi connectivity index (χ0v) is 13.0. The molecule has 1 aromatic heterocycles. The van der Waals surface area contributed by atoms with Crippen molar-refractivity contribution in [1.82, 2.24) is 10.3 Å². The zero-order chi connectivity index (χ0) is 16.5. The van der Waals surface area contributed by atoms with Crippen molar-refractivity contribution in [1.29, 1.82) is 0 Å². The van der Waals surface area contributed by atoms with E-state index in [0.29, 0.717) is 12.1 Å². The Morgan fingerprint density at radius 2 is 2.18 bits per heavy atom. The molecule has 122 valence electrons. The third-order valence-corrected chi connectivity index (χ3v) is 3.90. The van der Waals surface area contributed by atoms with Crippen LogP contribution in [0.2, 0.25) is 0 Å². The van der Waals surface area contributed by atoms with Gasteiger partial charge in [-0.25, -0.2) is 4.79 Å². The van der Waals surface area contributed by atoms with Crippen LogP contribution >= 0.6 is 0 Å². The van der Waals surface area contributed by atoms with Crippen LogP contribution in [0.25, 0.3) is 0 Å². The van der Waals surface area contributed by atoms with Crippen LogP contribution in [0.5, 0.6) is 0 Å². The highest BCUT2D eigenvalue weighted by Crippen LogP contribution is 2.39. The smallest absolute Gasteiger partial charge is 0.404 e. The van der Waals surface area contributed by atoms with Crippen LogP contribution in [-0.2, 0) is 4.74 Å². The number of aliphatic hydroxyl groups is 1. The van der Waals surface area contributed by atoms with Gasteiger partial charge in [0.15, 0.2) is 0 Å². The minimum Gasteiger partial charge on any atom is -0.465 e. The number of nitrogens with one attached hydrogen (secondary N) is 1. The molecule has 7 heteroatoms. The van der Waals surface area contributed by atoms with Crippen molar-refractivity contribution in [3.63, 3.8) is 0 Å². The summed E-state index contributed by atoms with van der Waals surface area (Å²) in [6.07, 6.45) is 0.466. The highest BCUT2D eigenvalue weighted by atomic mass is 16.5. The Morgan fingerprint density at radius 3 is 2.73 bits per heavy atom. The number of hydrogen-bond donors (Lipinski definition) is 4. The maximum atomic E-state index is 11.0. The largest absolute Gasteiger partial charge is 0.465 e. The molecule has 22 heavy (non-hydrogen) atoms. The summed E-state index contributed by atoms with van der Waals surface area (Å²) in [6, 6.07) is 1.14. The second-order valence-corrected chi connectivity index (χ2v) is 6.70. The van der Waals surface area contributed by atoms with E-state index < -0.39 is 30.4 Å². The minimum absolute atomic E-state index is 0.314. The van der Waals surface area contributed by atoms with Gasteiger partial charge < -0.3 is 26.0 Å². The van der Waals surface area contributed by atoms with Gasteiger partial charge in [0, 0.05) is 18.2 Å². The summed E-state index contributed by atoms with van der Waals surface area (Å²) in [4.78, 5) is 14.9. The SMILES string of the molecule is CC(C)(C)[C@@H]1O[C@H](c2ccncc2N)C[C@H](NC(=O)O)[C@H]1O. The van der Waals surface area contributed by atoms with Gasteiger partial charge >= 0.3 is 6.09 Å². The Labute approximate surface area is 129 Å². The summed E-state index contributed by atoms with van der Waals surface area (Å²) < 4.78 is 6.05. The monoisotopic (exact) mass is 309 g/mol. The van der Waals surface area contributed by atoms with E-state index in [9.17, 15) is 9.90 Å². The van der Waals surface area contributed by atoms with Gasteiger partial charge in [0.05, 0.1) is 30.1 Å². The van der Waals surface area contributed by atoms with E-state index in [2.05, 4.69) is 10.3 Å². The molecule has 0 spiro atoms. The fraction of sp³-hybridized carbons (Fsp3) is 0.600. The molecule has 0 aliphatic carbocycles. The lowest BCUT2D eigenvalue weighted by Gasteiger charge is -2.45. The van der Waals surface area contributed by atoms with Crippen molar-refractivity contribution in [3.05, 3.63) is 24.0 Å². The number of aromatic nitrogens is 1. The Balaban J connectivity index is 2.32. The number of nitrogens with zero attached hydrogens (tertiary/aromatic N) is 1. The molecule has 7 nitrogen and oxygen atoms in total. The molecule has 0 radical (unpaired) electrons. The summed E-state index contributed by atoms with van der Waals surface area (Å²) in [5, 5.41) is 21.8. The number of hydrogen-bond acceptors (Lipinski definition) is 5. The molecule has 2 heterocycles. The van der Waals surface area contributed by atoms with Crippen LogP contribution < -0.4 is 11.1 Å². The van der Waals surface area contributed by atoms with E-state index in [-0.39, 0.29) is 5.41 Å². The number of nitrogens with two attached hydrogens (primary N) is 1. The molecule has 1 aliphatic heterocycles. The van der Waals surface area contributed by atoms with Crippen molar-refractivity contribution in [2.45, 2.75) is 51.5 Å². The Kier molecular flexibility index (Phi) is 4.58. The van der Waals surface area contributed by atoms with Crippen LogP contribution in [0.15, 0.2) is 18.5 Å². The van der Waals surface area contributed by atoms with Gasteiger partial charge in [-0.1, -0.05) is 20.8 Å². The highest BCUT2D eigenvalue weighted by molar-refractivity contribution is 5.65. The fourth-order valence-corrected chi connectivity index (χ4v) is 2.82. The predicted molar refractivity (Wildman–Crippen MR) is 81.3 cm³/mol. The van der Waals surface area contributed by atoms with E-state index in [4.69, 9.17) is 15.6 Å². The molecule has 1 fully saturated rings. The molecule has 0 saturated carbocycles. The van der Waals surface area contributed by atoms with Gasteiger partial charge in [0.1, 0.15) is 6.10 Å². The molecule has 1 aromatic rings. The summed E-state index contributed by atoms with van der Waals surface area (Å²) in [6.45, 7) is 5.82. The first-order valence-electron chi connectivity index (χ1n) is 7.22. The maximum absolute atomic E-state index is 11.0. The van der Waals surface area contributed by atoms with Crippen molar-refractivity contribution in [2.24, 2.45) is 5.41 Å². The number of anilines is 1. The zero-order valence-electron chi connectivity index (χ0n) is 13.0. The summed E-state index contributed by atoms with van der Waals surface area (Å²) in [5.74, 6) is 0. The average molecular weight is 309 g/mol. The third-order valence-electron chi connectivity index (χ3n) is 3.90. The van der Waals surface area contributed by atoms with Gasteiger partial charge in [0.25, 0.3) is 0 Å². The van der Waals surface area contributed by atoms with Crippen LogP contribution in [0.1, 0.15) is 38.9 Å². The number of aliphatic hydroxyl groups excluding tert-OH is 1.